The predicted octanol–water partition coefficient (Wildman–Crippen LogP) is 2.70. The van der Waals surface area contributed by atoms with Crippen LogP contribution in [0.2, 0.25) is 5.02 Å². The molecule has 3 rings (SSSR count). The van der Waals surface area contributed by atoms with Gasteiger partial charge in [0.15, 0.2) is 0 Å². The van der Waals surface area contributed by atoms with Crippen molar-refractivity contribution in [3.8, 4) is 5.82 Å². The quantitative estimate of drug-likeness (QED) is 0.612. The van der Waals surface area contributed by atoms with Gasteiger partial charge in [-0.25, -0.2) is 15.0 Å². The molecule has 3 aromatic rings. The van der Waals surface area contributed by atoms with Crippen molar-refractivity contribution in [3.63, 3.8) is 0 Å². The van der Waals surface area contributed by atoms with Crippen LogP contribution in [-0.4, -0.2) is 38.5 Å². The lowest BCUT2D eigenvalue weighted by Gasteiger charge is -2.09. The smallest absolute Gasteiger partial charge is 0.224 e. The van der Waals surface area contributed by atoms with Gasteiger partial charge >= 0.3 is 0 Å². The Morgan fingerprint density at radius 3 is 2.59 bits per heavy atom. The summed E-state index contributed by atoms with van der Waals surface area (Å²) in [5.74, 6) is 1.40. The number of carbonyl (C=O) groups excluding carboxylic acids is 1. The largest absolute Gasteiger partial charge is 0.368 e. The van der Waals surface area contributed by atoms with Gasteiger partial charge in [-0.3, -0.25) is 9.36 Å². The maximum atomic E-state index is 12.0. The van der Waals surface area contributed by atoms with Crippen molar-refractivity contribution < 1.29 is 4.79 Å². The van der Waals surface area contributed by atoms with Gasteiger partial charge in [0, 0.05) is 29.9 Å². The minimum Gasteiger partial charge on any atom is -0.368 e. The van der Waals surface area contributed by atoms with Crippen LogP contribution in [0, 0.1) is 13.8 Å². The summed E-state index contributed by atoms with van der Waals surface area (Å²) in [5, 5.41) is 6.73. The van der Waals surface area contributed by atoms with E-state index in [-0.39, 0.29) is 5.91 Å². The molecule has 27 heavy (non-hydrogen) atoms. The Hall–Kier alpha value is -2.93. The molecule has 1 amide bonds. The fourth-order valence-electron chi connectivity index (χ4n) is 2.55. The van der Waals surface area contributed by atoms with Gasteiger partial charge in [-0.2, -0.15) is 0 Å². The summed E-state index contributed by atoms with van der Waals surface area (Å²) < 4.78 is 1.91. The van der Waals surface area contributed by atoms with Crippen LogP contribution in [0.5, 0.6) is 0 Å². The summed E-state index contributed by atoms with van der Waals surface area (Å²) >= 11 is 5.84. The van der Waals surface area contributed by atoms with Crippen LogP contribution < -0.4 is 10.6 Å². The Morgan fingerprint density at radius 1 is 1.11 bits per heavy atom. The molecule has 0 unspecified atom stereocenters. The molecule has 1 aromatic carbocycles. The first-order valence-electron chi connectivity index (χ1n) is 8.61. The third-order valence-electron chi connectivity index (χ3n) is 4.18. The average Bonchev–Trinajstić information content (AvgIpc) is 3.00. The molecule has 0 spiro atoms. The van der Waals surface area contributed by atoms with Crippen molar-refractivity contribution in [1.29, 1.82) is 0 Å². The monoisotopic (exact) mass is 384 g/mol. The van der Waals surface area contributed by atoms with E-state index in [0.29, 0.717) is 30.4 Å². The summed E-state index contributed by atoms with van der Waals surface area (Å²) in [7, 11) is 0. The number of rotatable bonds is 7. The average molecular weight is 385 g/mol. The fourth-order valence-corrected chi connectivity index (χ4v) is 2.67. The molecule has 0 saturated carbocycles. The van der Waals surface area contributed by atoms with E-state index in [1.54, 1.807) is 18.5 Å². The van der Waals surface area contributed by atoms with Gasteiger partial charge < -0.3 is 10.6 Å². The van der Waals surface area contributed by atoms with Crippen LogP contribution >= 0.6 is 11.6 Å². The second-order valence-corrected chi connectivity index (χ2v) is 6.56. The maximum absolute atomic E-state index is 12.0. The molecule has 140 valence electrons. The van der Waals surface area contributed by atoms with Gasteiger partial charge in [0.25, 0.3) is 0 Å². The Kier molecular flexibility index (Phi) is 6.03. The summed E-state index contributed by atoms with van der Waals surface area (Å²) in [6.45, 7) is 5.01. The first kappa shape index (κ1) is 18.8. The summed E-state index contributed by atoms with van der Waals surface area (Å²) in [4.78, 5) is 24.8. The molecule has 0 radical (unpaired) electrons. The summed E-state index contributed by atoms with van der Waals surface area (Å²) in [5.41, 5.74) is 2.93. The normalized spacial score (nSPS) is 10.6. The number of aryl methyl sites for hydroxylation is 1. The minimum atomic E-state index is -0.0352. The Labute approximate surface area is 162 Å². The molecule has 0 saturated heterocycles. The van der Waals surface area contributed by atoms with Crippen LogP contribution in [0.15, 0.2) is 43.0 Å². The number of halogens is 1. The van der Waals surface area contributed by atoms with Crippen molar-refractivity contribution in [3.05, 3.63) is 65.0 Å². The Balaban J connectivity index is 1.48. The van der Waals surface area contributed by atoms with Crippen LogP contribution in [-0.2, 0) is 11.2 Å². The Morgan fingerprint density at radius 2 is 1.89 bits per heavy atom. The second-order valence-electron chi connectivity index (χ2n) is 6.13. The highest BCUT2D eigenvalue weighted by Crippen LogP contribution is 2.13. The number of amides is 1. The van der Waals surface area contributed by atoms with E-state index < -0.39 is 0 Å². The number of aromatic nitrogens is 4. The van der Waals surface area contributed by atoms with Crippen LogP contribution in [0.4, 0.5) is 5.82 Å². The highest BCUT2D eigenvalue weighted by atomic mass is 35.5. The fraction of sp³-hybridized carbons (Fsp3) is 0.263. The standard InChI is InChI=1S/C19H21ClN6O/c1-13-14(2)26(12-25-13)18-10-17(23-11-24-18)21-7-8-22-19(27)9-15-3-5-16(20)6-4-15/h3-6,10-12H,7-9H2,1-2H3,(H,22,27)(H,21,23,24). The topological polar surface area (TPSA) is 84.7 Å². The van der Waals surface area contributed by atoms with Crippen molar-refractivity contribution in [2.45, 2.75) is 20.3 Å². The zero-order valence-corrected chi connectivity index (χ0v) is 16.0. The molecule has 7 nitrogen and oxygen atoms in total. The van der Waals surface area contributed by atoms with Crippen LogP contribution in [0.3, 0.4) is 0 Å². The number of anilines is 1. The third-order valence-corrected chi connectivity index (χ3v) is 4.43. The van der Waals surface area contributed by atoms with Crippen LogP contribution in [0.25, 0.3) is 5.82 Å². The Bertz CT molecular complexity index is 922. The van der Waals surface area contributed by atoms with E-state index in [1.165, 1.54) is 6.33 Å². The number of carbonyl (C=O) groups is 1. The predicted molar refractivity (Wildman–Crippen MR) is 105 cm³/mol. The molecule has 2 aromatic heterocycles. The highest BCUT2D eigenvalue weighted by molar-refractivity contribution is 6.30. The van der Waals surface area contributed by atoms with Crippen LogP contribution in [0.1, 0.15) is 17.0 Å². The zero-order valence-electron chi connectivity index (χ0n) is 15.2. The molecule has 2 N–H and O–H groups in total. The lowest BCUT2D eigenvalue weighted by molar-refractivity contribution is -0.120. The van der Waals surface area contributed by atoms with E-state index in [0.717, 1.165) is 22.8 Å². The lowest BCUT2D eigenvalue weighted by atomic mass is 10.1. The second kappa shape index (κ2) is 8.64. The molecule has 0 atom stereocenters. The zero-order chi connectivity index (χ0) is 19.2. The molecular formula is C19H21ClN6O. The number of imidazole rings is 1. The number of hydrogen-bond donors (Lipinski definition) is 2. The van der Waals surface area contributed by atoms with Gasteiger partial charge in [0.1, 0.15) is 24.3 Å². The molecule has 8 heteroatoms. The van der Waals surface area contributed by atoms with Gasteiger partial charge in [-0.1, -0.05) is 23.7 Å². The molecule has 2 heterocycles. The van der Waals surface area contributed by atoms with E-state index in [2.05, 4.69) is 25.6 Å². The lowest BCUT2D eigenvalue weighted by Crippen LogP contribution is -2.30. The molecule has 0 aliphatic heterocycles. The molecular weight excluding hydrogens is 364 g/mol. The van der Waals surface area contributed by atoms with E-state index >= 15 is 0 Å². The van der Waals surface area contributed by atoms with E-state index in [9.17, 15) is 4.79 Å². The van der Waals surface area contributed by atoms with Gasteiger partial charge in [-0.05, 0) is 31.5 Å². The minimum absolute atomic E-state index is 0.0352. The first-order chi connectivity index (χ1) is 13.0. The number of nitrogens with one attached hydrogen (secondary N) is 2. The molecule has 0 aliphatic rings. The summed E-state index contributed by atoms with van der Waals surface area (Å²) in [6, 6.07) is 9.11. The number of nitrogens with zero attached hydrogens (tertiary/aromatic N) is 4. The van der Waals surface area contributed by atoms with Crippen molar-refractivity contribution in [1.82, 2.24) is 24.8 Å². The number of hydrogen-bond acceptors (Lipinski definition) is 5. The summed E-state index contributed by atoms with van der Waals surface area (Å²) in [6.07, 6.45) is 3.58. The van der Waals surface area contributed by atoms with Gasteiger partial charge in [0.2, 0.25) is 5.91 Å². The molecule has 0 fully saturated rings. The van der Waals surface area contributed by atoms with Crippen molar-refractivity contribution in [2.75, 3.05) is 18.4 Å². The highest BCUT2D eigenvalue weighted by Gasteiger charge is 2.07. The van der Waals surface area contributed by atoms with Gasteiger partial charge in [-0.15, -0.1) is 0 Å². The maximum Gasteiger partial charge on any atom is 0.224 e. The van der Waals surface area contributed by atoms with E-state index in [1.807, 2.05) is 36.6 Å². The van der Waals surface area contributed by atoms with Crippen molar-refractivity contribution in [2.24, 2.45) is 0 Å². The number of benzene rings is 1. The van der Waals surface area contributed by atoms with Crippen molar-refractivity contribution >= 4 is 23.3 Å². The molecule has 0 aliphatic carbocycles. The first-order valence-corrected chi connectivity index (χ1v) is 8.98. The van der Waals surface area contributed by atoms with Gasteiger partial charge in [0.05, 0.1) is 12.1 Å². The third kappa shape index (κ3) is 5.04. The molecule has 0 bridgehead atoms. The SMILES string of the molecule is Cc1ncn(-c2cc(NCCNC(=O)Cc3ccc(Cl)cc3)ncn2)c1C. The van der Waals surface area contributed by atoms with E-state index in [4.69, 9.17) is 11.6 Å².